The van der Waals surface area contributed by atoms with Crippen LogP contribution in [-0.4, -0.2) is 47.7 Å². The smallest absolute Gasteiger partial charge is 0.232 e. The van der Waals surface area contributed by atoms with E-state index in [1.807, 2.05) is 25.3 Å². The molecule has 0 spiro atoms. The third-order valence-corrected chi connectivity index (χ3v) is 5.28. The van der Waals surface area contributed by atoms with Crippen molar-refractivity contribution in [2.45, 2.75) is 20.8 Å². The van der Waals surface area contributed by atoms with Gasteiger partial charge in [-0.25, -0.2) is 9.97 Å². The predicted molar refractivity (Wildman–Crippen MR) is 119 cm³/mol. The van der Waals surface area contributed by atoms with Gasteiger partial charge in [0, 0.05) is 56.4 Å². The Bertz CT molecular complexity index is 951. The van der Waals surface area contributed by atoms with Gasteiger partial charge in [0.1, 0.15) is 11.6 Å². The van der Waals surface area contributed by atoms with Gasteiger partial charge >= 0.3 is 0 Å². The summed E-state index contributed by atoms with van der Waals surface area (Å²) in [6.07, 6.45) is 1.85. The summed E-state index contributed by atoms with van der Waals surface area (Å²) in [7, 11) is 0. The number of hydrogen-bond donors (Lipinski definition) is 0. The summed E-state index contributed by atoms with van der Waals surface area (Å²) >= 11 is 0. The highest BCUT2D eigenvalue weighted by Crippen LogP contribution is 2.26. The first-order valence-electron chi connectivity index (χ1n) is 10.2. The van der Waals surface area contributed by atoms with Crippen molar-refractivity contribution in [1.82, 2.24) is 15.0 Å². The molecule has 6 nitrogen and oxygen atoms in total. The van der Waals surface area contributed by atoms with E-state index in [1.165, 1.54) is 5.56 Å². The van der Waals surface area contributed by atoms with E-state index in [4.69, 9.17) is 9.97 Å². The average Bonchev–Trinajstić information content (AvgIpc) is 2.75. The maximum absolute atomic E-state index is 4.94. The number of hydrogen-bond acceptors (Lipinski definition) is 6. The summed E-state index contributed by atoms with van der Waals surface area (Å²) in [4.78, 5) is 21.0. The minimum Gasteiger partial charge on any atom is -0.353 e. The second kappa shape index (κ2) is 8.47. The second-order valence-corrected chi connectivity index (χ2v) is 7.41. The van der Waals surface area contributed by atoms with Gasteiger partial charge in [-0.05, 0) is 50.6 Å². The van der Waals surface area contributed by atoms with Crippen molar-refractivity contribution in [3.63, 3.8) is 0 Å². The van der Waals surface area contributed by atoms with E-state index < -0.39 is 0 Å². The van der Waals surface area contributed by atoms with E-state index in [0.29, 0.717) is 0 Å². The molecule has 1 saturated heterocycles. The summed E-state index contributed by atoms with van der Waals surface area (Å²) in [5.41, 5.74) is 3.35. The number of anilines is 4. The molecule has 3 heterocycles. The largest absolute Gasteiger partial charge is 0.353 e. The highest BCUT2D eigenvalue weighted by Gasteiger charge is 2.21. The van der Waals surface area contributed by atoms with Gasteiger partial charge in [-0.1, -0.05) is 18.2 Å². The van der Waals surface area contributed by atoms with Gasteiger partial charge in [0.2, 0.25) is 5.95 Å². The predicted octanol–water partition coefficient (Wildman–Crippen LogP) is 3.97. The molecule has 6 heteroatoms. The first-order valence-corrected chi connectivity index (χ1v) is 10.2. The lowest BCUT2D eigenvalue weighted by Gasteiger charge is -2.36. The van der Waals surface area contributed by atoms with E-state index in [-0.39, 0.29) is 0 Å². The molecule has 1 aliphatic rings. The van der Waals surface area contributed by atoms with E-state index in [9.17, 15) is 0 Å². The quantitative estimate of drug-likeness (QED) is 0.659. The van der Waals surface area contributed by atoms with Crippen molar-refractivity contribution in [3.05, 3.63) is 66.0 Å². The monoisotopic (exact) mass is 388 g/mol. The fourth-order valence-corrected chi connectivity index (χ4v) is 3.76. The molecule has 0 bridgehead atoms. The summed E-state index contributed by atoms with van der Waals surface area (Å²) in [6, 6.07) is 16.7. The van der Waals surface area contributed by atoms with Crippen molar-refractivity contribution in [2.24, 2.45) is 0 Å². The molecular formula is C23H28N6. The molecule has 0 unspecified atom stereocenters. The number of aryl methyl sites for hydroxylation is 2. The number of benzene rings is 1. The third-order valence-electron chi connectivity index (χ3n) is 5.28. The second-order valence-electron chi connectivity index (χ2n) is 7.41. The van der Waals surface area contributed by atoms with E-state index in [1.54, 1.807) is 0 Å². The lowest BCUT2D eigenvalue weighted by molar-refractivity contribution is 0.640. The molecule has 1 fully saturated rings. The molecule has 150 valence electrons. The Hall–Kier alpha value is -3.15. The van der Waals surface area contributed by atoms with E-state index in [0.717, 1.165) is 61.7 Å². The first kappa shape index (κ1) is 19.2. The Labute approximate surface area is 172 Å². The standard InChI is InChI=1S/C23H28N6/c1-4-29(20-9-7-8-18(2)16-20)23-25-19(3)17-22(26-23)28-14-12-27(13-15-28)21-10-5-6-11-24-21/h5-11,16-17H,4,12-15H2,1-3H3. The van der Waals surface area contributed by atoms with Crippen LogP contribution in [0, 0.1) is 13.8 Å². The van der Waals surface area contributed by atoms with Crippen LogP contribution in [0.15, 0.2) is 54.7 Å². The van der Waals surface area contributed by atoms with Crippen LogP contribution < -0.4 is 14.7 Å². The Morgan fingerprint density at radius 3 is 2.28 bits per heavy atom. The van der Waals surface area contributed by atoms with Gasteiger partial charge in [-0.3, -0.25) is 0 Å². The lowest BCUT2D eigenvalue weighted by atomic mass is 10.2. The van der Waals surface area contributed by atoms with Gasteiger partial charge in [-0.2, -0.15) is 4.98 Å². The lowest BCUT2D eigenvalue weighted by Crippen LogP contribution is -2.47. The zero-order valence-electron chi connectivity index (χ0n) is 17.4. The van der Waals surface area contributed by atoms with Gasteiger partial charge < -0.3 is 14.7 Å². The highest BCUT2D eigenvalue weighted by molar-refractivity contribution is 5.60. The molecular weight excluding hydrogens is 360 g/mol. The molecule has 0 saturated carbocycles. The Kier molecular flexibility index (Phi) is 5.60. The zero-order valence-corrected chi connectivity index (χ0v) is 17.4. The minimum absolute atomic E-state index is 0.764. The molecule has 0 aliphatic carbocycles. The number of pyridine rings is 1. The van der Waals surface area contributed by atoms with Crippen LogP contribution in [0.3, 0.4) is 0 Å². The van der Waals surface area contributed by atoms with E-state index >= 15 is 0 Å². The Morgan fingerprint density at radius 1 is 0.862 bits per heavy atom. The topological polar surface area (TPSA) is 48.4 Å². The minimum atomic E-state index is 0.764. The maximum Gasteiger partial charge on any atom is 0.232 e. The number of aromatic nitrogens is 3. The van der Waals surface area contributed by atoms with Crippen molar-refractivity contribution >= 4 is 23.3 Å². The van der Waals surface area contributed by atoms with E-state index in [2.05, 4.69) is 69.9 Å². The summed E-state index contributed by atoms with van der Waals surface area (Å²) in [5.74, 6) is 2.81. The number of nitrogens with zero attached hydrogens (tertiary/aromatic N) is 6. The SMILES string of the molecule is CCN(c1cccc(C)c1)c1nc(C)cc(N2CCN(c3ccccn3)CC2)n1. The summed E-state index contributed by atoms with van der Waals surface area (Å²) in [5, 5.41) is 0. The molecule has 3 aromatic rings. The zero-order chi connectivity index (χ0) is 20.2. The Balaban J connectivity index is 1.54. The molecule has 0 N–H and O–H groups in total. The summed E-state index contributed by atoms with van der Waals surface area (Å²) < 4.78 is 0. The third kappa shape index (κ3) is 4.31. The molecule has 0 radical (unpaired) electrons. The first-order chi connectivity index (χ1) is 14.1. The molecule has 2 aromatic heterocycles. The van der Waals surface area contributed by atoms with Gasteiger partial charge in [0.05, 0.1) is 0 Å². The van der Waals surface area contributed by atoms with Gasteiger partial charge in [0.15, 0.2) is 0 Å². The number of rotatable bonds is 5. The van der Waals surface area contributed by atoms with Gasteiger partial charge in [0.25, 0.3) is 0 Å². The number of piperazine rings is 1. The van der Waals surface area contributed by atoms with Crippen LogP contribution >= 0.6 is 0 Å². The molecule has 0 atom stereocenters. The van der Waals surface area contributed by atoms with Crippen LogP contribution in [0.1, 0.15) is 18.2 Å². The van der Waals surface area contributed by atoms with Crippen LogP contribution in [0.4, 0.5) is 23.3 Å². The molecule has 1 aliphatic heterocycles. The summed E-state index contributed by atoms with van der Waals surface area (Å²) in [6.45, 7) is 10.8. The average molecular weight is 389 g/mol. The highest BCUT2D eigenvalue weighted by atomic mass is 15.3. The molecule has 1 aromatic carbocycles. The van der Waals surface area contributed by atoms with Crippen molar-refractivity contribution in [3.8, 4) is 0 Å². The normalized spacial score (nSPS) is 14.2. The van der Waals surface area contributed by atoms with Crippen LogP contribution in [0.2, 0.25) is 0 Å². The van der Waals surface area contributed by atoms with Crippen LogP contribution in [0.5, 0.6) is 0 Å². The van der Waals surface area contributed by atoms with Crippen LogP contribution in [0.25, 0.3) is 0 Å². The fraction of sp³-hybridized carbons (Fsp3) is 0.348. The van der Waals surface area contributed by atoms with Crippen molar-refractivity contribution in [1.29, 1.82) is 0 Å². The molecule has 4 rings (SSSR count). The van der Waals surface area contributed by atoms with Crippen LogP contribution in [-0.2, 0) is 0 Å². The van der Waals surface area contributed by atoms with Crippen molar-refractivity contribution in [2.75, 3.05) is 47.4 Å². The Morgan fingerprint density at radius 2 is 1.62 bits per heavy atom. The molecule has 29 heavy (non-hydrogen) atoms. The van der Waals surface area contributed by atoms with Crippen molar-refractivity contribution < 1.29 is 0 Å². The fourth-order valence-electron chi connectivity index (χ4n) is 3.76. The maximum atomic E-state index is 4.94. The van der Waals surface area contributed by atoms with Gasteiger partial charge in [-0.15, -0.1) is 0 Å². The molecule has 0 amide bonds.